The number of esters is 1. The fourth-order valence-corrected chi connectivity index (χ4v) is 2.06. The SMILES string of the molecule is CCOC(=O)C(CC(C)C)C(CO)[PH2]=O. The van der Waals surface area contributed by atoms with Crippen molar-refractivity contribution in [1.82, 2.24) is 0 Å². The fraction of sp³-hybridized carbons (Fsp3) is 0.900. The van der Waals surface area contributed by atoms with Crippen LogP contribution in [0.25, 0.3) is 0 Å². The summed E-state index contributed by atoms with van der Waals surface area (Å²) in [5, 5.41) is 9.04. The molecule has 0 saturated heterocycles. The molecule has 0 aromatic rings. The van der Waals surface area contributed by atoms with Crippen LogP contribution >= 0.6 is 8.46 Å². The van der Waals surface area contributed by atoms with E-state index in [0.29, 0.717) is 18.9 Å². The van der Waals surface area contributed by atoms with Crippen molar-refractivity contribution in [3.05, 3.63) is 0 Å². The van der Waals surface area contributed by atoms with Gasteiger partial charge in [-0.25, -0.2) is 0 Å². The molecule has 0 aliphatic rings. The Labute approximate surface area is 92.2 Å². The molecule has 0 radical (unpaired) electrons. The lowest BCUT2D eigenvalue weighted by Gasteiger charge is -2.21. The molecule has 0 aromatic carbocycles. The average molecular weight is 236 g/mol. The van der Waals surface area contributed by atoms with Crippen LogP contribution in [0.3, 0.4) is 0 Å². The van der Waals surface area contributed by atoms with Crippen molar-refractivity contribution in [2.75, 3.05) is 13.2 Å². The molecule has 5 heteroatoms. The molecule has 15 heavy (non-hydrogen) atoms. The highest BCUT2D eigenvalue weighted by Gasteiger charge is 2.28. The van der Waals surface area contributed by atoms with Crippen LogP contribution < -0.4 is 0 Å². The maximum absolute atomic E-state index is 11.6. The van der Waals surface area contributed by atoms with Crippen molar-refractivity contribution in [3.63, 3.8) is 0 Å². The highest BCUT2D eigenvalue weighted by molar-refractivity contribution is 7.24. The number of aliphatic hydroxyl groups excluding tert-OH is 1. The minimum absolute atomic E-state index is 0.213. The van der Waals surface area contributed by atoms with Crippen molar-refractivity contribution < 1.29 is 19.2 Å². The Bertz CT molecular complexity index is 206. The summed E-state index contributed by atoms with van der Waals surface area (Å²) in [6, 6.07) is 0. The van der Waals surface area contributed by atoms with Gasteiger partial charge in [-0.2, -0.15) is 0 Å². The first-order chi connectivity index (χ1) is 7.06. The lowest BCUT2D eigenvalue weighted by molar-refractivity contribution is -0.149. The number of aliphatic hydroxyl groups is 1. The third kappa shape index (κ3) is 5.33. The minimum atomic E-state index is -1.15. The molecule has 0 heterocycles. The molecule has 0 rings (SSSR count). The van der Waals surface area contributed by atoms with Gasteiger partial charge in [0.25, 0.3) is 0 Å². The quantitative estimate of drug-likeness (QED) is 0.535. The Balaban J connectivity index is 4.54. The van der Waals surface area contributed by atoms with Crippen LogP contribution in [-0.4, -0.2) is 29.9 Å². The Morgan fingerprint density at radius 1 is 1.47 bits per heavy atom. The Kier molecular flexibility index (Phi) is 7.71. The summed E-state index contributed by atoms with van der Waals surface area (Å²) in [5.74, 6) is -0.449. The molecule has 1 N–H and O–H groups in total. The lowest BCUT2D eigenvalue weighted by atomic mass is 9.94. The monoisotopic (exact) mass is 236 g/mol. The first kappa shape index (κ1) is 14.7. The lowest BCUT2D eigenvalue weighted by Crippen LogP contribution is -2.30. The average Bonchev–Trinajstić information content (AvgIpc) is 2.18. The highest BCUT2D eigenvalue weighted by atomic mass is 31.1. The number of ether oxygens (including phenoxy) is 1. The Morgan fingerprint density at radius 3 is 2.40 bits per heavy atom. The zero-order valence-electron chi connectivity index (χ0n) is 9.60. The van der Waals surface area contributed by atoms with E-state index in [1.165, 1.54) is 0 Å². The van der Waals surface area contributed by atoms with Gasteiger partial charge in [0.05, 0.1) is 27.6 Å². The molecule has 0 fully saturated rings. The molecule has 0 amide bonds. The summed E-state index contributed by atoms with van der Waals surface area (Å²) in [4.78, 5) is 11.6. The van der Waals surface area contributed by atoms with Crippen LogP contribution in [0.15, 0.2) is 0 Å². The van der Waals surface area contributed by atoms with Crippen molar-refractivity contribution >= 4 is 14.4 Å². The molecule has 0 saturated carbocycles. The molecule has 0 aliphatic heterocycles. The summed E-state index contributed by atoms with van der Waals surface area (Å²) < 4.78 is 15.8. The summed E-state index contributed by atoms with van der Waals surface area (Å²) in [6.07, 6.45) is 0.610. The van der Waals surface area contributed by atoms with Gasteiger partial charge in [-0.15, -0.1) is 0 Å². The normalized spacial score (nSPS) is 15.8. The molecular weight excluding hydrogens is 215 g/mol. The van der Waals surface area contributed by atoms with E-state index < -0.39 is 20.0 Å². The Hall–Kier alpha value is -0.340. The predicted octanol–water partition coefficient (Wildman–Crippen LogP) is 1.33. The maximum atomic E-state index is 11.6. The van der Waals surface area contributed by atoms with Gasteiger partial charge >= 0.3 is 5.97 Å². The van der Waals surface area contributed by atoms with E-state index in [0.717, 1.165) is 0 Å². The number of hydrogen-bond acceptors (Lipinski definition) is 4. The summed E-state index contributed by atoms with van der Waals surface area (Å²) in [7, 11) is -1.15. The Morgan fingerprint density at radius 2 is 2.07 bits per heavy atom. The third-order valence-electron chi connectivity index (χ3n) is 2.22. The first-order valence-corrected chi connectivity index (χ1v) is 6.43. The summed E-state index contributed by atoms with van der Waals surface area (Å²) in [6.45, 7) is 5.82. The van der Waals surface area contributed by atoms with Gasteiger partial charge in [0.15, 0.2) is 0 Å². The van der Waals surface area contributed by atoms with E-state index in [1.807, 2.05) is 13.8 Å². The van der Waals surface area contributed by atoms with Gasteiger partial charge in [0, 0.05) is 5.66 Å². The van der Waals surface area contributed by atoms with Crippen molar-refractivity contribution in [2.24, 2.45) is 11.8 Å². The van der Waals surface area contributed by atoms with Crippen LogP contribution in [0.1, 0.15) is 27.2 Å². The second kappa shape index (κ2) is 7.89. The zero-order chi connectivity index (χ0) is 11.8. The summed E-state index contributed by atoms with van der Waals surface area (Å²) in [5.41, 5.74) is -0.438. The third-order valence-corrected chi connectivity index (χ3v) is 3.24. The molecule has 3 atom stereocenters. The van der Waals surface area contributed by atoms with Gasteiger partial charge < -0.3 is 14.4 Å². The van der Waals surface area contributed by atoms with Crippen LogP contribution in [0.5, 0.6) is 0 Å². The molecule has 0 bridgehead atoms. The highest BCUT2D eigenvalue weighted by Crippen LogP contribution is 2.25. The van der Waals surface area contributed by atoms with Gasteiger partial charge in [0.1, 0.15) is 0 Å². The minimum Gasteiger partial charge on any atom is -0.466 e. The van der Waals surface area contributed by atoms with E-state index in [4.69, 9.17) is 9.84 Å². The number of hydrogen-bond donors (Lipinski definition) is 1. The van der Waals surface area contributed by atoms with E-state index in [-0.39, 0.29) is 12.6 Å². The van der Waals surface area contributed by atoms with Crippen molar-refractivity contribution in [1.29, 1.82) is 0 Å². The zero-order valence-corrected chi connectivity index (χ0v) is 10.8. The molecule has 3 unspecified atom stereocenters. The number of carbonyl (C=O) groups is 1. The van der Waals surface area contributed by atoms with E-state index >= 15 is 0 Å². The number of carbonyl (C=O) groups excluding carboxylic acids is 1. The second-order valence-electron chi connectivity index (χ2n) is 3.97. The van der Waals surface area contributed by atoms with E-state index in [2.05, 4.69) is 0 Å². The summed E-state index contributed by atoms with van der Waals surface area (Å²) >= 11 is 0. The van der Waals surface area contributed by atoms with Gasteiger partial charge in [0.2, 0.25) is 0 Å². The van der Waals surface area contributed by atoms with Crippen molar-refractivity contribution in [3.8, 4) is 0 Å². The van der Waals surface area contributed by atoms with E-state index in [9.17, 15) is 9.36 Å². The molecule has 4 nitrogen and oxygen atoms in total. The van der Waals surface area contributed by atoms with Crippen LogP contribution in [0, 0.1) is 11.8 Å². The van der Waals surface area contributed by atoms with Gasteiger partial charge in [-0.1, -0.05) is 13.8 Å². The topological polar surface area (TPSA) is 63.6 Å². The van der Waals surface area contributed by atoms with Gasteiger partial charge in [-0.05, 0) is 19.3 Å². The molecule has 0 aliphatic carbocycles. The first-order valence-electron chi connectivity index (χ1n) is 5.29. The second-order valence-corrected chi connectivity index (χ2v) is 5.10. The van der Waals surface area contributed by atoms with Crippen molar-refractivity contribution in [2.45, 2.75) is 32.9 Å². The van der Waals surface area contributed by atoms with E-state index in [1.54, 1.807) is 6.92 Å². The van der Waals surface area contributed by atoms with Crippen LogP contribution in [0.2, 0.25) is 0 Å². The standard InChI is InChI=1S/C10H21O4P/c1-4-14-10(12)8(5-7(2)3)9(6-11)15-13/h7-9,11H,4-6,15H2,1-3H3. The molecular formula is C10H21O4P. The predicted molar refractivity (Wildman–Crippen MR) is 60.8 cm³/mol. The smallest absolute Gasteiger partial charge is 0.309 e. The maximum Gasteiger partial charge on any atom is 0.309 e. The fourth-order valence-electron chi connectivity index (χ4n) is 1.47. The largest absolute Gasteiger partial charge is 0.466 e. The molecule has 0 aromatic heterocycles. The van der Waals surface area contributed by atoms with Crippen LogP contribution in [0.4, 0.5) is 0 Å². The molecule has 90 valence electrons. The van der Waals surface area contributed by atoms with Crippen LogP contribution in [-0.2, 0) is 14.1 Å². The molecule has 0 spiro atoms. The number of rotatable bonds is 7. The van der Waals surface area contributed by atoms with Gasteiger partial charge in [-0.3, -0.25) is 4.79 Å².